The SMILES string of the molecule is Cc1nc(Oc2cc(Br)cc(F)c2F)cc(=O)[nH]1. The summed E-state index contributed by atoms with van der Waals surface area (Å²) in [4.78, 5) is 17.4. The van der Waals surface area contributed by atoms with Gasteiger partial charge in [0.05, 0.1) is 6.07 Å². The van der Waals surface area contributed by atoms with Crippen molar-refractivity contribution in [3.8, 4) is 11.6 Å². The van der Waals surface area contributed by atoms with Crippen LogP contribution < -0.4 is 10.3 Å². The lowest BCUT2D eigenvalue weighted by Gasteiger charge is -2.07. The number of ether oxygens (including phenoxy) is 1. The lowest BCUT2D eigenvalue weighted by molar-refractivity contribution is 0.403. The van der Waals surface area contributed by atoms with Gasteiger partial charge in [0.25, 0.3) is 5.56 Å². The summed E-state index contributed by atoms with van der Waals surface area (Å²) >= 11 is 3.01. The van der Waals surface area contributed by atoms with E-state index in [4.69, 9.17) is 4.74 Å². The van der Waals surface area contributed by atoms with Gasteiger partial charge in [-0.2, -0.15) is 4.39 Å². The minimum absolute atomic E-state index is 0.104. The highest BCUT2D eigenvalue weighted by atomic mass is 79.9. The van der Waals surface area contributed by atoms with Gasteiger partial charge in [-0.15, -0.1) is 0 Å². The van der Waals surface area contributed by atoms with Gasteiger partial charge in [0.15, 0.2) is 11.6 Å². The minimum atomic E-state index is -1.14. The fraction of sp³-hybridized carbons (Fsp3) is 0.0909. The van der Waals surface area contributed by atoms with Crippen molar-refractivity contribution in [2.75, 3.05) is 0 Å². The van der Waals surface area contributed by atoms with Gasteiger partial charge in [-0.05, 0) is 19.1 Å². The standard InChI is InChI=1S/C11H7BrF2N2O2/c1-5-15-9(17)4-10(16-5)18-8-3-6(12)2-7(13)11(8)14/h2-4H,1H3,(H,15,16,17). The molecule has 0 aliphatic carbocycles. The number of aromatic nitrogens is 2. The average Bonchev–Trinajstić information content (AvgIpc) is 2.23. The molecular formula is C11H7BrF2N2O2. The average molecular weight is 317 g/mol. The molecule has 0 amide bonds. The molecule has 0 spiro atoms. The smallest absolute Gasteiger partial charge is 0.254 e. The third-order valence-electron chi connectivity index (χ3n) is 2.01. The van der Waals surface area contributed by atoms with Gasteiger partial charge in [-0.25, -0.2) is 9.37 Å². The molecule has 1 aromatic heterocycles. The second-order valence-electron chi connectivity index (χ2n) is 3.47. The molecule has 0 atom stereocenters. The van der Waals surface area contributed by atoms with Crippen molar-refractivity contribution in [3.63, 3.8) is 0 Å². The van der Waals surface area contributed by atoms with E-state index in [1.807, 2.05) is 0 Å². The van der Waals surface area contributed by atoms with E-state index in [1.54, 1.807) is 6.92 Å². The second kappa shape index (κ2) is 4.85. The summed E-state index contributed by atoms with van der Waals surface area (Å²) in [5.74, 6) is -2.33. The van der Waals surface area contributed by atoms with Gasteiger partial charge in [0.1, 0.15) is 5.82 Å². The molecule has 4 nitrogen and oxygen atoms in total. The van der Waals surface area contributed by atoms with E-state index in [-0.39, 0.29) is 11.6 Å². The monoisotopic (exact) mass is 316 g/mol. The van der Waals surface area contributed by atoms with Crippen LogP contribution in [0.2, 0.25) is 0 Å². The van der Waals surface area contributed by atoms with Crippen LogP contribution in [-0.2, 0) is 0 Å². The molecule has 2 rings (SSSR count). The Kier molecular flexibility index (Phi) is 3.42. The van der Waals surface area contributed by atoms with Crippen LogP contribution in [0.25, 0.3) is 0 Å². The van der Waals surface area contributed by atoms with Crippen LogP contribution in [0.15, 0.2) is 27.5 Å². The van der Waals surface area contributed by atoms with Gasteiger partial charge in [0, 0.05) is 4.47 Å². The highest BCUT2D eigenvalue weighted by molar-refractivity contribution is 9.10. The fourth-order valence-corrected chi connectivity index (χ4v) is 1.73. The maximum atomic E-state index is 13.4. The zero-order valence-electron chi connectivity index (χ0n) is 9.13. The largest absolute Gasteiger partial charge is 0.436 e. The first-order valence-electron chi connectivity index (χ1n) is 4.86. The number of aryl methyl sites for hydroxylation is 1. The van der Waals surface area contributed by atoms with E-state index < -0.39 is 17.2 Å². The van der Waals surface area contributed by atoms with Gasteiger partial charge >= 0.3 is 0 Å². The molecule has 0 aliphatic heterocycles. The Morgan fingerprint density at radius 3 is 2.72 bits per heavy atom. The first-order chi connectivity index (χ1) is 8.45. The van der Waals surface area contributed by atoms with Crippen LogP contribution in [0.1, 0.15) is 5.82 Å². The number of rotatable bonds is 2. The molecule has 2 aromatic rings. The zero-order chi connectivity index (χ0) is 13.3. The van der Waals surface area contributed by atoms with Crippen LogP contribution in [0.3, 0.4) is 0 Å². The Morgan fingerprint density at radius 2 is 2.06 bits per heavy atom. The van der Waals surface area contributed by atoms with Crippen LogP contribution in [0.5, 0.6) is 11.6 Å². The molecule has 0 fully saturated rings. The zero-order valence-corrected chi connectivity index (χ0v) is 10.7. The molecule has 1 aromatic carbocycles. The first kappa shape index (κ1) is 12.7. The van der Waals surface area contributed by atoms with Crippen molar-refractivity contribution in [1.82, 2.24) is 9.97 Å². The van der Waals surface area contributed by atoms with E-state index in [1.165, 1.54) is 6.07 Å². The Morgan fingerprint density at radius 1 is 1.33 bits per heavy atom. The molecule has 0 saturated heterocycles. The molecule has 0 saturated carbocycles. The minimum Gasteiger partial charge on any atom is -0.436 e. The lowest BCUT2D eigenvalue weighted by Crippen LogP contribution is -2.08. The summed E-state index contributed by atoms with van der Waals surface area (Å²) in [7, 11) is 0. The van der Waals surface area contributed by atoms with Crippen molar-refractivity contribution in [1.29, 1.82) is 0 Å². The molecule has 0 aliphatic rings. The van der Waals surface area contributed by atoms with Crippen LogP contribution in [0, 0.1) is 18.6 Å². The fourth-order valence-electron chi connectivity index (χ4n) is 1.32. The number of halogens is 3. The lowest BCUT2D eigenvalue weighted by atomic mass is 10.3. The molecule has 7 heteroatoms. The summed E-state index contributed by atoms with van der Waals surface area (Å²) in [6, 6.07) is 3.26. The van der Waals surface area contributed by atoms with Crippen molar-refractivity contribution >= 4 is 15.9 Å². The van der Waals surface area contributed by atoms with Crippen molar-refractivity contribution < 1.29 is 13.5 Å². The van der Waals surface area contributed by atoms with E-state index in [2.05, 4.69) is 25.9 Å². The summed E-state index contributed by atoms with van der Waals surface area (Å²) in [5.41, 5.74) is -0.437. The predicted molar refractivity (Wildman–Crippen MR) is 63.7 cm³/mol. The normalized spacial score (nSPS) is 10.4. The van der Waals surface area contributed by atoms with E-state index in [9.17, 15) is 13.6 Å². The highest BCUT2D eigenvalue weighted by Crippen LogP contribution is 2.28. The van der Waals surface area contributed by atoms with Gasteiger partial charge in [-0.3, -0.25) is 4.79 Å². The summed E-state index contributed by atoms with van der Waals surface area (Å²) in [6.07, 6.45) is 0. The molecule has 94 valence electrons. The third-order valence-corrected chi connectivity index (χ3v) is 2.47. The number of nitrogens with zero attached hydrogens (tertiary/aromatic N) is 1. The quantitative estimate of drug-likeness (QED) is 0.867. The summed E-state index contributed by atoms with van der Waals surface area (Å²) in [6.45, 7) is 1.55. The molecule has 1 N–H and O–H groups in total. The number of hydrogen-bond acceptors (Lipinski definition) is 3. The van der Waals surface area contributed by atoms with Gasteiger partial charge < -0.3 is 9.72 Å². The van der Waals surface area contributed by atoms with Crippen LogP contribution >= 0.6 is 15.9 Å². The summed E-state index contributed by atoms with van der Waals surface area (Å²) in [5, 5.41) is 0. The molecule has 18 heavy (non-hydrogen) atoms. The van der Waals surface area contributed by atoms with Gasteiger partial charge in [-0.1, -0.05) is 15.9 Å². The Hall–Kier alpha value is -1.76. The van der Waals surface area contributed by atoms with Gasteiger partial charge in [0.2, 0.25) is 11.7 Å². The Labute approximate surface area is 109 Å². The number of nitrogens with one attached hydrogen (secondary N) is 1. The number of benzene rings is 1. The first-order valence-corrected chi connectivity index (χ1v) is 5.65. The Balaban J connectivity index is 2.42. The second-order valence-corrected chi connectivity index (χ2v) is 4.39. The molecular weight excluding hydrogens is 310 g/mol. The maximum Gasteiger partial charge on any atom is 0.254 e. The number of aromatic amines is 1. The molecule has 0 bridgehead atoms. The topological polar surface area (TPSA) is 55.0 Å². The molecule has 0 unspecified atom stereocenters. The van der Waals surface area contributed by atoms with Crippen LogP contribution in [-0.4, -0.2) is 9.97 Å². The van der Waals surface area contributed by atoms with E-state index in [0.29, 0.717) is 10.3 Å². The van der Waals surface area contributed by atoms with Crippen molar-refractivity contribution in [3.05, 3.63) is 50.5 Å². The van der Waals surface area contributed by atoms with E-state index >= 15 is 0 Å². The molecule has 1 heterocycles. The third kappa shape index (κ3) is 2.73. The number of hydrogen-bond donors (Lipinski definition) is 1. The maximum absolute atomic E-state index is 13.4. The summed E-state index contributed by atoms with van der Waals surface area (Å²) < 4.78 is 31.9. The predicted octanol–water partition coefficient (Wildman–Crippen LogP) is 2.91. The Bertz CT molecular complexity index is 658. The van der Waals surface area contributed by atoms with Crippen molar-refractivity contribution in [2.24, 2.45) is 0 Å². The van der Waals surface area contributed by atoms with E-state index in [0.717, 1.165) is 12.1 Å². The van der Waals surface area contributed by atoms with Crippen molar-refractivity contribution in [2.45, 2.75) is 6.92 Å². The number of H-pyrrole nitrogens is 1. The molecule has 0 radical (unpaired) electrons. The van der Waals surface area contributed by atoms with Crippen LogP contribution in [0.4, 0.5) is 8.78 Å². The highest BCUT2D eigenvalue weighted by Gasteiger charge is 2.13.